The van der Waals surface area contributed by atoms with E-state index < -0.39 is 5.00 Å². The molecule has 1 aromatic rings. The molecule has 5 nitrogen and oxygen atoms in total. The van der Waals surface area contributed by atoms with E-state index >= 15 is 0 Å². The smallest absolute Gasteiger partial charge is 0.126 e. The van der Waals surface area contributed by atoms with E-state index in [1.54, 1.807) is 4.42 Å². The highest BCUT2D eigenvalue weighted by atomic mass is 35.5. The molecule has 1 saturated heterocycles. The third-order valence-corrected chi connectivity index (χ3v) is 5.12. The minimum absolute atomic E-state index is 0.632. The van der Waals surface area contributed by atoms with Crippen LogP contribution in [0, 0.1) is 0 Å². The van der Waals surface area contributed by atoms with Gasteiger partial charge in [-0.25, -0.2) is 0 Å². The second kappa shape index (κ2) is 11.3. The van der Waals surface area contributed by atoms with Gasteiger partial charge in [0.15, 0.2) is 0 Å². The number of rotatable bonds is 2. The summed E-state index contributed by atoms with van der Waals surface area (Å²) in [4.78, 5) is -0.650. The van der Waals surface area contributed by atoms with E-state index in [0.717, 1.165) is 45.8 Å². The minimum Gasteiger partial charge on any atom is -0.314 e. The zero-order valence-corrected chi connectivity index (χ0v) is 15.7. The summed E-state index contributed by atoms with van der Waals surface area (Å²) in [5.41, 5.74) is 1.19. The van der Waals surface area contributed by atoms with Gasteiger partial charge in [-0.2, -0.15) is 4.42 Å². The molecule has 136 valence electrons. The molecule has 24 heavy (non-hydrogen) atoms. The average Bonchev–Trinajstić information content (AvgIpc) is 2.59. The lowest BCUT2D eigenvalue weighted by molar-refractivity contribution is 0.277. The van der Waals surface area contributed by atoms with Gasteiger partial charge in [0.25, 0.3) is 0 Å². The standard InChI is InChI=1S/C17H29Cl2N5/c18-17(14-16-4-2-1-3-5-16)15-23-11-10-21-7-6-20-8-9-22-12-13-24(17)19/h1-5,20-23H,6-15H2. The maximum absolute atomic E-state index is 6.93. The molecule has 0 aliphatic carbocycles. The predicted octanol–water partition coefficient (Wildman–Crippen LogP) is 0.992. The summed E-state index contributed by atoms with van der Waals surface area (Å²) in [5.74, 6) is 0. The molecule has 1 aromatic carbocycles. The van der Waals surface area contributed by atoms with E-state index in [9.17, 15) is 0 Å². The van der Waals surface area contributed by atoms with E-state index in [1.807, 2.05) is 18.2 Å². The number of hydrogen-bond donors (Lipinski definition) is 4. The Bertz CT molecular complexity index is 448. The van der Waals surface area contributed by atoms with Gasteiger partial charge in [-0.05, 0) is 17.3 Å². The molecule has 0 bridgehead atoms. The Morgan fingerprint density at radius 2 is 1.38 bits per heavy atom. The lowest BCUT2D eigenvalue weighted by atomic mass is 10.1. The monoisotopic (exact) mass is 373 g/mol. The second-order valence-corrected chi connectivity index (χ2v) is 7.20. The molecule has 1 heterocycles. The Morgan fingerprint density at radius 1 is 0.833 bits per heavy atom. The van der Waals surface area contributed by atoms with Crippen molar-refractivity contribution in [1.82, 2.24) is 25.7 Å². The van der Waals surface area contributed by atoms with Crippen LogP contribution in [0.2, 0.25) is 0 Å². The highest BCUT2D eigenvalue weighted by Crippen LogP contribution is 2.27. The van der Waals surface area contributed by atoms with Gasteiger partial charge in [-0.1, -0.05) is 41.9 Å². The summed E-state index contributed by atoms with van der Waals surface area (Å²) in [7, 11) is 0. The minimum atomic E-state index is -0.650. The van der Waals surface area contributed by atoms with Gasteiger partial charge in [-0.15, -0.1) is 0 Å². The molecule has 0 aromatic heterocycles. The highest BCUT2D eigenvalue weighted by molar-refractivity contribution is 6.28. The van der Waals surface area contributed by atoms with Crippen molar-refractivity contribution in [2.45, 2.75) is 11.4 Å². The zero-order chi connectivity index (χ0) is 17.1. The fraction of sp³-hybridized carbons (Fsp3) is 0.647. The van der Waals surface area contributed by atoms with E-state index in [0.29, 0.717) is 19.5 Å². The van der Waals surface area contributed by atoms with Crippen LogP contribution in [0.4, 0.5) is 0 Å². The molecular formula is C17H29Cl2N5. The highest BCUT2D eigenvalue weighted by Gasteiger charge is 2.33. The number of hydrogen-bond acceptors (Lipinski definition) is 5. The maximum atomic E-state index is 6.93. The van der Waals surface area contributed by atoms with Crippen LogP contribution in [-0.4, -0.2) is 68.3 Å². The van der Waals surface area contributed by atoms with Crippen LogP contribution in [0.1, 0.15) is 5.56 Å². The van der Waals surface area contributed by atoms with Crippen LogP contribution in [0.5, 0.6) is 0 Å². The normalized spacial score (nSPS) is 26.4. The van der Waals surface area contributed by atoms with Crippen molar-refractivity contribution in [2.24, 2.45) is 0 Å². The summed E-state index contributed by atoms with van der Waals surface area (Å²) < 4.78 is 1.74. The molecule has 1 fully saturated rings. The summed E-state index contributed by atoms with van der Waals surface area (Å²) in [5, 5.41) is 13.6. The molecule has 1 aliphatic heterocycles. The van der Waals surface area contributed by atoms with Crippen LogP contribution in [0.25, 0.3) is 0 Å². The predicted molar refractivity (Wildman–Crippen MR) is 103 cm³/mol. The Balaban J connectivity index is 1.96. The Kier molecular flexibility index (Phi) is 9.35. The summed E-state index contributed by atoms with van der Waals surface area (Å²) in [6.07, 6.45) is 0.695. The number of benzene rings is 1. The second-order valence-electron chi connectivity index (χ2n) is 6.09. The van der Waals surface area contributed by atoms with E-state index in [2.05, 4.69) is 33.4 Å². The quantitative estimate of drug-likeness (QED) is 0.354. The lowest BCUT2D eigenvalue weighted by Crippen LogP contribution is -2.50. The van der Waals surface area contributed by atoms with Crippen molar-refractivity contribution in [2.75, 3.05) is 58.9 Å². The molecule has 2 rings (SSSR count). The van der Waals surface area contributed by atoms with Crippen LogP contribution in [0.15, 0.2) is 30.3 Å². The van der Waals surface area contributed by atoms with E-state index in [-0.39, 0.29) is 0 Å². The van der Waals surface area contributed by atoms with Crippen LogP contribution >= 0.6 is 23.4 Å². The molecule has 1 unspecified atom stereocenters. The first-order valence-electron chi connectivity index (χ1n) is 8.70. The zero-order valence-electron chi connectivity index (χ0n) is 14.2. The van der Waals surface area contributed by atoms with Gasteiger partial charge in [0.05, 0.1) is 0 Å². The topological polar surface area (TPSA) is 51.4 Å². The van der Waals surface area contributed by atoms with E-state index in [4.69, 9.17) is 23.4 Å². The molecule has 4 N–H and O–H groups in total. The van der Waals surface area contributed by atoms with Crippen LogP contribution in [-0.2, 0) is 6.42 Å². The Hall–Kier alpha value is -0.400. The van der Waals surface area contributed by atoms with Gasteiger partial charge >= 0.3 is 0 Å². The molecular weight excluding hydrogens is 345 g/mol. The molecule has 0 radical (unpaired) electrons. The summed E-state index contributed by atoms with van der Waals surface area (Å²) >= 11 is 13.5. The third-order valence-electron chi connectivity index (χ3n) is 4.07. The van der Waals surface area contributed by atoms with Crippen molar-refractivity contribution in [3.63, 3.8) is 0 Å². The van der Waals surface area contributed by atoms with Gasteiger partial charge < -0.3 is 21.3 Å². The largest absolute Gasteiger partial charge is 0.314 e. The third kappa shape index (κ3) is 7.23. The first kappa shape index (κ1) is 19.9. The van der Waals surface area contributed by atoms with Gasteiger partial charge in [0, 0.05) is 65.3 Å². The first-order valence-corrected chi connectivity index (χ1v) is 9.41. The lowest BCUT2D eigenvalue weighted by Gasteiger charge is -2.35. The van der Waals surface area contributed by atoms with Crippen molar-refractivity contribution in [1.29, 1.82) is 0 Å². The fourth-order valence-electron chi connectivity index (χ4n) is 2.71. The number of nitrogens with one attached hydrogen (secondary N) is 4. The van der Waals surface area contributed by atoms with Crippen molar-refractivity contribution in [3.05, 3.63) is 35.9 Å². The molecule has 0 saturated carbocycles. The van der Waals surface area contributed by atoms with Crippen molar-refractivity contribution < 1.29 is 0 Å². The molecule has 1 atom stereocenters. The Morgan fingerprint density at radius 3 is 2.00 bits per heavy atom. The van der Waals surface area contributed by atoms with Gasteiger partial charge in [0.1, 0.15) is 5.00 Å². The van der Waals surface area contributed by atoms with Crippen LogP contribution in [0.3, 0.4) is 0 Å². The Labute approximate surface area is 155 Å². The number of alkyl halides is 1. The summed E-state index contributed by atoms with van der Waals surface area (Å²) in [6, 6.07) is 10.3. The first-order chi connectivity index (χ1) is 11.7. The fourth-order valence-corrected chi connectivity index (χ4v) is 3.24. The van der Waals surface area contributed by atoms with Crippen molar-refractivity contribution in [3.8, 4) is 0 Å². The van der Waals surface area contributed by atoms with Gasteiger partial charge in [-0.3, -0.25) is 0 Å². The molecule has 0 amide bonds. The maximum Gasteiger partial charge on any atom is 0.126 e. The number of halogens is 2. The van der Waals surface area contributed by atoms with E-state index in [1.165, 1.54) is 5.56 Å². The van der Waals surface area contributed by atoms with Crippen molar-refractivity contribution >= 4 is 23.4 Å². The average molecular weight is 374 g/mol. The molecule has 7 heteroatoms. The molecule has 1 aliphatic rings. The SMILES string of the molecule is ClN1CCNCCNCCNCCNCC1(Cl)Cc1ccccc1. The summed E-state index contributed by atoms with van der Waals surface area (Å²) in [6.45, 7) is 7.76. The number of nitrogens with zero attached hydrogens (tertiary/aromatic N) is 1. The van der Waals surface area contributed by atoms with Gasteiger partial charge in [0.2, 0.25) is 0 Å². The molecule has 0 spiro atoms. The van der Waals surface area contributed by atoms with Crippen LogP contribution < -0.4 is 21.3 Å².